The zero-order valence-corrected chi connectivity index (χ0v) is 3.00. The predicted molar refractivity (Wildman–Crippen MR) is 17.2 cm³/mol. The van der Waals surface area contributed by atoms with E-state index < -0.39 is 0 Å². The van der Waals surface area contributed by atoms with E-state index in [-0.39, 0.29) is 5.48 Å². The molecule has 0 saturated carbocycles. The number of rotatable bonds is 0. The topological polar surface area (TPSA) is 54.5 Å². The molecule has 3 heteroatoms. The van der Waals surface area contributed by atoms with Gasteiger partial charge in [-0.15, -0.1) is 0 Å². The van der Waals surface area contributed by atoms with Crippen LogP contribution in [0, 0.1) is 0 Å². The summed E-state index contributed by atoms with van der Waals surface area (Å²) < 4.78 is 4.33. The SMILES string of the molecule is [O].c1cnoc1. The minimum Gasteiger partial charge on any atom is -0.365 e. The second-order valence-corrected chi connectivity index (χ2v) is 0.688. The van der Waals surface area contributed by atoms with Gasteiger partial charge in [0.05, 0.1) is 6.20 Å². The first-order chi connectivity index (χ1) is 2.50. The Morgan fingerprint density at radius 3 is 2.50 bits per heavy atom. The van der Waals surface area contributed by atoms with Gasteiger partial charge in [0.1, 0.15) is 6.26 Å². The molecule has 1 rings (SSSR count). The van der Waals surface area contributed by atoms with Gasteiger partial charge in [-0.3, -0.25) is 0 Å². The van der Waals surface area contributed by atoms with Crippen molar-refractivity contribution in [1.82, 2.24) is 5.16 Å². The van der Waals surface area contributed by atoms with Crippen LogP contribution in [0.1, 0.15) is 0 Å². The quantitative estimate of drug-likeness (QED) is 0.462. The van der Waals surface area contributed by atoms with Crippen molar-refractivity contribution in [2.75, 3.05) is 0 Å². The van der Waals surface area contributed by atoms with E-state index in [0.29, 0.717) is 0 Å². The molecule has 3 nitrogen and oxygen atoms in total. The van der Waals surface area contributed by atoms with Gasteiger partial charge in [0.15, 0.2) is 0 Å². The maximum atomic E-state index is 4.33. The Hall–Kier alpha value is -0.830. The average Bonchev–Trinajstić information content (AvgIpc) is 1.76. The van der Waals surface area contributed by atoms with Crippen LogP contribution in [-0.4, -0.2) is 5.16 Å². The minimum absolute atomic E-state index is 0. The van der Waals surface area contributed by atoms with Crippen LogP contribution >= 0.6 is 0 Å². The van der Waals surface area contributed by atoms with Crippen molar-refractivity contribution in [2.45, 2.75) is 0 Å². The first-order valence-electron chi connectivity index (χ1n) is 1.34. The highest BCUT2D eigenvalue weighted by atomic mass is 16.5. The fourth-order valence-corrected chi connectivity index (χ4v) is 0.176. The standard InChI is InChI=1S/C3H3NO.O/c1-2-4-5-3-1;/h1-3H;. The summed E-state index contributed by atoms with van der Waals surface area (Å²) in [6, 6.07) is 1.72. The molecule has 0 bridgehead atoms. The van der Waals surface area contributed by atoms with Crippen molar-refractivity contribution in [3.8, 4) is 0 Å². The van der Waals surface area contributed by atoms with Crippen LogP contribution in [0.5, 0.6) is 0 Å². The number of aromatic nitrogens is 1. The lowest BCUT2D eigenvalue weighted by Gasteiger charge is -1.48. The molecule has 1 aromatic rings. The van der Waals surface area contributed by atoms with Crippen LogP contribution in [-0.2, 0) is 5.48 Å². The molecule has 1 heterocycles. The fourth-order valence-electron chi connectivity index (χ4n) is 0.176. The molecule has 0 aliphatic carbocycles. The highest BCUT2D eigenvalue weighted by Crippen LogP contribution is 1.72. The van der Waals surface area contributed by atoms with E-state index in [1.165, 1.54) is 6.26 Å². The molecular weight excluding hydrogens is 82.0 g/mol. The Morgan fingerprint density at radius 1 is 1.50 bits per heavy atom. The largest absolute Gasteiger partial charge is 0.365 e. The van der Waals surface area contributed by atoms with Crippen molar-refractivity contribution in [2.24, 2.45) is 0 Å². The first kappa shape index (κ1) is 5.17. The van der Waals surface area contributed by atoms with Gasteiger partial charge >= 0.3 is 0 Å². The van der Waals surface area contributed by atoms with Crippen LogP contribution in [0.2, 0.25) is 0 Å². The fraction of sp³-hybridized carbons (Fsp3) is 0. The summed E-state index contributed by atoms with van der Waals surface area (Å²) in [4.78, 5) is 0. The van der Waals surface area contributed by atoms with E-state index in [1.54, 1.807) is 12.3 Å². The molecule has 0 N–H and O–H groups in total. The zero-order chi connectivity index (χ0) is 3.54. The smallest absolute Gasteiger partial charge is 0.123 e. The van der Waals surface area contributed by atoms with Gasteiger partial charge in [0, 0.05) is 5.48 Å². The Balaban J connectivity index is 0.000000250. The minimum atomic E-state index is 0. The molecule has 0 fully saturated rings. The monoisotopic (exact) mass is 85.0 g/mol. The molecule has 0 aromatic carbocycles. The van der Waals surface area contributed by atoms with Gasteiger partial charge in [-0.1, -0.05) is 5.16 Å². The van der Waals surface area contributed by atoms with Gasteiger partial charge in [-0.05, 0) is 6.07 Å². The highest BCUT2D eigenvalue weighted by molar-refractivity contribution is 4.67. The zero-order valence-electron chi connectivity index (χ0n) is 3.00. The summed E-state index contributed by atoms with van der Waals surface area (Å²) in [5.41, 5.74) is 0. The van der Waals surface area contributed by atoms with Crippen molar-refractivity contribution < 1.29 is 10.00 Å². The van der Waals surface area contributed by atoms with Gasteiger partial charge in [0.25, 0.3) is 0 Å². The van der Waals surface area contributed by atoms with Gasteiger partial charge in [-0.2, -0.15) is 0 Å². The van der Waals surface area contributed by atoms with E-state index in [0.717, 1.165) is 0 Å². The van der Waals surface area contributed by atoms with Gasteiger partial charge in [0.2, 0.25) is 0 Å². The first-order valence-corrected chi connectivity index (χ1v) is 1.34. The maximum Gasteiger partial charge on any atom is 0.123 e. The molecule has 6 heavy (non-hydrogen) atoms. The second-order valence-electron chi connectivity index (χ2n) is 0.688. The van der Waals surface area contributed by atoms with Crippen molar-refractivity contribution in [3.63, 3.8) is 0 Å². The predicted octanol–water partition coefficient (Wildman–Crippen LogP) is 0.556. The normalized spacial score (nSPS) is 6.67. The molecule has 0 spiro atoms. The molecule has 0 aliphatic heterocycles. The maximum absolute atomic E-state index is 4.33. The lowest BCUT2D eigenvalue weighted by atomic mass is 10.8. The molecule has 2 radical (unpaired) electrons. The van der Waals surface area contributed by atoms with Crippen molar-refractivity contribution >= 4 is 0 Å². The Morgan fingerprint density at radius 2 is 2.33 bits per heavy atom. The lowest BCUT2D eigenvalue weighted by Crippen LogP contribution is -1.38. The van der Waals surface area contributed by atoms with E-state index in [4.69, 9.17) is 0 Å². The molecule has 32 valence electrons. The Kier molecular flexibility index (Phi) is 2.08. The molecule has 0 unspecified atom stereocenters. The Labute approximate surface area is 34.9 Å². The number of nitrogens with zero attached hydrogens (tertiary/aromatic N) is 1. The molecule has 1 aromatic heterocycles. The lowest BCUT2D eigenvalue weighted by molar-refractivity contribution is 0.420. The summed E-state index contributed by atoms with van der Waals surface area (Å²) >= 11 is 0. The van der Waals surface area contributed by atoms with E-state index in [2.05, 4.69) is 9.68 Å². The van der Waals surface area contributed by atoms with E-state index in [9.17, 15) is 0 Å². The van der Waals surface area contributed by atoms with Crippen molar-refractivity contribution in [3.05, 3.63) is 18.5 Å². The van der Waals surface area contributed by atoms with Crippen LogP contribution in [0.4, 0.5) is 0 Å². The van der Waals surface area contributed by atoms with E-state index >= 15 is 0 Å². The van der Waals surface area contributed by atoms with E-state index in [1.807, 2.05) is 0 Å². The summed E-state index contributed by atoms with van der Waals surface area (Å²) in [5.74, 6) is 0. The summed E-state index contributed by atoms with van der Waals surface area (Å²) in [7, 11) is 0. The van der Waals surface area contributed by atoms with Gasteiger partial charge in [-0.25, -0.2) is 0 Å². The number of hydrogen-bond acceptors (Lipinski definition) is 2. The van der Waals surface area contributed by atoms with Crippen molar-refractivity contribution in [1.29, 1.82) is 0 Å². The summed E-state index contributed by atoms with van der Waals surface area (Å²) in [5, 5.41) is 3.35. The third-order valence-corrected chi connectivity index (χ3v) is 0.347. The Bertz CT molecular complexity index is 65.3. The molecule has 0 amide bonds. The van der Waals surface area contributed by atoms with Crippen LogP contribution in [0.15, 0.2) is 23.0 Å². The molecule has 0 atom stereocenters. The highest BCUT2D eigenvalue weighted by Gasteiger charge is 1.60. The van der Waals surface area contributed by atoms with Gasteiger partial charge < -0.3 is 4.52 Å². The average molecular weight is 85.1 g/mol. The second kappa shape index (κ2) is 2.41. The number of hydrogen-bond donors (Lipinski definition) is 0. The summed E-state index contributed by atoms with van der Waals surface area (Å²) in [6.45, 7) is 0. The molecule has 0 aliphatic rings. The third kappa shape index (κ3) is 0.858. The molecule has 0 saturated heterocycles. The van der Waals surface area contributed by atoms with Crippen LogP contribution in [0.3, 0.4) is 0 Å². The van der Waals surface area contributed by atoms with Crippen LogP contribution in [0.25, 0.3) is 0 Å². The summed E-state index contributed by atoms with van der Waals surface area (Å²) in [6.07, 6.45) is 3.10. The molecular formula is C3H3NO2. The van der Waals surface area contributed by atoms with Crippen LogP contribution < -0.4 is 0 Å². The third-order valence-electron chi connectivity index (χ3n) is 0.347.